The molecule has 0 bridgehead atoms. The number of hydrogen-bond acceptors (Lipinski definition) is 6. The van der Waals surface area contributed by atoms with Gasteiger partial charge in [-0.05, 0) is 30.4 Å². The molecule has 1 aliphatic rings. The van der Waals surface area contributed by atoms with Gasteiger partial charge in [0.15, 0.2) is 6.10 Å². The molecular weight excluding hydrogens is 323 g/mol. The number of hydrogen-bond donors (Lipinski definition) is 1. The Hall–Kier alpha value is -2.50. The summed E-state index contributed by atoms with van der Waals surface area (Å²) < 4.78 is 46.3. The van der Waals surface area contributed by atoms with E-state index in [1.807, 2.05) is 5.10 Å². The van der Waals surface area contributed by atoms with Crippen LogP contribution in [0.5, 0.6) is 0 Å². The van der Waals surface area contributed by atoms with Crippen molar-refractivity contribution in [2.24, 2.45) is 0 Å². The number of nitrogens with zero attached hydrogens (tertiary/aromatic N) is 4. The molecule has 1 heterocycles. The first-order valence-corrected chi connectivity index (χ1v) is 6.38. The van der Waals surface area contributed by atoms with Crippen LogP contribution in [0.4, 0.5) is 13.2 Å². The van der Waals surface area contributed by atoms with Gasteiger partial charge in [-0.3, -0.25) is 10.1 Å². The van der Waals surface area contributed by atoms with Crippen LogP contribution in [0.3, 0.4) is 0 Å². The number of nitrogens with one attached hydrogen (secondary N) is 1. The van der Waals surface area contributed by atoms with Crippen molar-refractivity contribution >= 4 is 5.70 Å². The van der Waals surface area contributed by atoms with Gasteiger partial charge in [0.25, 0.3) is 0 Å². The van der Waals surface area contributed by atoms with Crippen LogP contribution in [0.1, 0.15) is 13.8 Å². The van der Waals surface area contributed by atoms with E-state index in [2.05, 4.69) is 10.4 Å². The summed E-state index contributed by atoms with van der Waals surface area (Å²) in [5.74, 6) is 0. The van der Waals surface area contributed by atoms with Crippen molar-refractivity contribution in [2.45, 2.75) is 37.8 Å². The smallest absolute Gasteiger partial charge is 0.361 e. The van der Waals surface area contributed by atoms with Crippen LogP contribution in [0.15, 0.2) is 23.0 Å². The summed E-state index contributed by atoms with van der Waals surface area (Å²) in [5.41, 5.74) is -4.92. The lowest BCUT2D eigenvalue weighted by Gasteiger charge is -2.35. The van der Waals surface area contributed by atoms with E-state index in [0.29, 0.717) is 10.8 Å². The highest BCUT2D eigenvalue weighted by molar-refractivity contribution is 5.57. The molecule has 126 valence electrons. The Labute approximate surface area is 126 Å². The number of aromatic amines is 1. The van der Waals surface area contributed by atoms with E-state index in [9.17, 15) is 28.1 Å². The second-order valence-electron chi connectivity index (χ2n) is 5.01. The first kappa shape index (κ1) is 16.9. The van der Waals surface area contributed by atoms with Gasteiger partial charge in [0.05, 0.1) is 11.8 Å². The Morgan fingerprint density at radius 3 is 2.61 bits per heavy atom. The van der Waals surface area contributed by atoms with Gasteiger partial charge >= 0.3 is 17.4 Å². The lowest BCUT2D eigenvalue weighted by atomic mass is 9.85. The predicted octanol–water partition coefficient (Wildman–Crippen LogP) is 0.748. The summed E-state index contributed by atoms with van der Waals surface area (Å²) in [7, 11) is 0. The van der Waals surface area contributed by atoms with Crippen LogP contribution in [-0.2, 0) is 4.74 Å². The molecule has 2 rings (SSSR count). The first-order valence-electron chi connectivity index (χ1n) is 6.38. The van der Waals surface area contributed by atoms with E-state index in [0.717, 1.165) is 12.2 Å². The molecule has 9 nitrogen and oxygen atoms in total. The standard InChI is InChI=1S/C11H12F3N5O4/c1-6(2)23-8-7(18-9(20)15-16-17-18)4-3-5-10(8,19(21)22)11(12,13)14/h3-6,8H,1-2H3,(H,15,17,20). The van der Waals surface area contributed by atoms with Gasteiger partial charge in [0.1, 0.15) is 0 Å². The highest BCUT2D eigenvalue weighted by Gasteiger charge is 2.71. The average Bonchev–Trinajstić information content (AvgIpc) is 2.82. The van der Waals surface area contributed by atoms with Gasteiger partial charge in [-0.25, -0.2) is 9.89 Å². The molecule has 0 aromatic carbocycles. The van der Waals surface area contributed by atoms with Crippen LogP contribution < -0.4 is 5.69 Å². The Morgan fingerprint density at radius 1 is 1.52 bits per heavy atom. The zero-order chi connectivity index (χ0) is 17.4. The third kappa shape index (κ3) is 2.65. The van der Waals surface area contributed by atoms with E-state index in [1.54, 1.807) is 0 Å². The molecule has 0 aliphatic heterocycles. The molecule has 1 aliphatic carbocycles. The Balaban J connectivity index is 2.68. The number of H-pyrrole nitrogens is 1. The summed E-state index contributed by atoms with van der Waals surface area (Å²) in [6.07, 6.45) is -5.82. The summed E-state index contributed by atoms with van der Waals surface area (Å²) in [5, 5.41) is 19.7. The van der Waals surface area contributed by atoms with Gasteiger partial charge in [0.2, 0.25) is 0 Å². The zero-order valence-electron chi connectivity index (χ0n) is 11.9. The molecule has 0 radical (unpaired) electrons. The summed E-state index contributed by atoms with van der Waals surface area (Å²) in [6, 6.07) is 0. The zero-order valence-corrected chi connectivity index (χ0v) is 11.9. The SMILES string of the molecule is CC(C)OC1C(n2nn[nH]c2=O)=CC=CC1([N+](=O)[O-])C(F)(F)F. The minimum Gasteiger partial charge on any atom is -0.361 e. The number of tetrazole rings is 1. The second kappa shape index (κ2) is 5.61. The van der Waals surface area contributed by atoms with Gasteiger partial charge in [-0.1, -0.05) is 6.08 Å². The van der Waals surface area contributed by atoms with Crippen LogP contribution >= 0.6 is 0 Å². The maximum atomic E-state index is 13.5. The number of ether oxygens (including phenoxy) is 1. The second-order valence-corrected chi connectivity index (χ2v) is 5.01. The minimum absolute atomic E-state index is 0.397. The Morgan fingerprint density at radius 2 is 2.17 bits per heavy atom. The van der Waals surface area contributed by atoms with Gasteiger partial charge in [-0.2, -0.15) is 17.9 Å². The van der Waals surface area contributed by atoms with E-state index >= 15 is 0 Å². The number of alkyl halides is 3. The van der Waals surface area contributed by atoms with E-state index in [1.165, 1.54) is 13.8 Å². The lowest BCUT2D eigenvalue weighted by Crippen LogP contribution is -2.62. The third-order valence-corrected chi connectivity index (χ3v) is 3.17. The Kier molecular flexibility index (Phi) is 4.11. The summed E-state index contributed by atoms with van der Waals surface area (Å²) in [6.45, 7) is 2.84. The largest absolute Gasteiger partial charge is 0.468 e. The van der Waals surface area contributed by atoms with Gasteiger partial charge in [0, 0.05) is 11.0 Å². The minimum atomic E-state index is -5.26. The van der Waals surface area contributed by atoms with Gasteiger partial charge in [-0.15, -0.1) is 0 Å². The van der Waals surface area contributed by atoms with Crippen molar-refractivity contribution in [1.29, 1.82) is 0 Å². The quantitative estimate of drug-likeness (QED) is 0.641. The molecule has 23 heavy (non-hydrogen) atoms. The molecule has 1 aromatic rings. The number of rotatable bonds is 4. The molecule has 12 heteroatoms. The van der Waals surface area contributed by atoms with Crippen molar-refractivity contribution in [3.8, 4) is 0 Å². The van der Waals surface area contributed by atoms with E-state index in [4.69, 9.17) is 4.74 Å². The Bertz CT molecular complexity index is 720. The fourth-order valence-corrected chi connectivity index (χ4v) is 2.19. The molecule has 0 saturated carbocycles. The maximum Gasteiger partial charge on any atom is 0.468 e. The highest BCUT2D eigenvalue weighted by Crippen LogP contribution is 2.43. The number of nitro groups is 1. The average molecular weight is 335 g/mol. The number of allylic oxidation sites excluding steroid dienone is 2. The molecule has 1 N–H and O–H groups in total. The van der Waals surface area contributed by atoms with Crippen molar-refractivity contribution < 1.29 is 22.8 Å². The van der Waals surface area contributed by atoms with Crippen molar-refractivity contribution in [1.82, 2.24) is 20.2 Å². The van der Waals surface area contributed by atoms with Crippen molar-refractivity contribution in [3.63, 3.8) is 0 Å². The molecule has 0 saturated heterocycles. The van der Waals surface area contributed by atoms with Crippen LogP contribution in [0.2, 0.25) is 0 Å². The molecule has 2 atom stereocenters. The maximum absolute atomic E-state index is 13.5. The number of aromatic nitrogens is 4. The molecule has 2 unspecified atom stereocenters. The van der Waals surface area contributed by atoms with Crippen LogP contribution in [-0.4, -0.2) is 49.1 Å². The summed E-state index contributed by atoms with van der Waals surface area (Å²) >= 11 is 0. The first-order chi connectivity index (χ1) is 10.6. The monoisotopic (exact) mass is 335 g/mol. The number of halogens is 3. The molecule has 0 fully saturated rings. The highest BCUT2D eigenvalue weighted by atomic mass is 19.4. The summed E-state index contributed by atoms with van der Waals surface area (Å²) in [4.78, 5) is 21.4. The lowest BCUT2D eigenvalue weighted by molar-refractivity contribution is -0.608. The molecule has 1 aromatic heterocycles. The predicted molar refractivity (Wildman–Crippen MR) is 69.8 cm³/mol. The normalized spacial score (nSPS) is 24.8. The van der Waals surface area contributed by atoms with Crippen LogP contribution in [0, 0.1) is 10.1 Å². The van der Waals surface area contributed by atoms with Crippen LogP contribution in [0.25, 0.3) is 5.70 Å². The van der Waals surface area contributed by atoms with E-state index in [-0.39, 0.29) is 0 Å². The van der Waals surface area contributed by atoms with Crippen molar-refractivity contribution in [3.05, 3.63) is 38.8 Å². The molecule has 0 amide bonds. The fraction of sp³-hybridized carbons (Fsp3) is 0.545. The molecule has 0 spiro atoms. The van der Waals surface area contributed by atoms with Gasteiger partial charge < -0.3 is 4.74 Å². The topological polar surface area (TPSA) is 116 Å². The van der Waals surface area contributed by atoms with Crippen molar-refractivity contribution in [2.75, 3.05) is 0 Å². The van der Waals surface area contributed by atoms with E-state index < -0.39 is 40.2 Å². The molecular formula is C11H12F3N5O4. The fourth-order valence-electron chi connectivity index (χ4n) is 2.19. The third-order valence-electron chi connectivity index (χ3n) is 3.17.